The monoisotopic (exact) mass is 422 g/mol. The summed E-state index contributed by atoms with van der Waals surface area (Å²) < 4.78 is 67.8. The number of Topliss-reactive ketones (excluding diaryl/α,β-unsaturated/α-hetero) is 1. The van der Waals surface area contributed by atoms with E-state index < -0.39 is 36.7 Å². The van der Waals surface area contributed by atoms with Gasteiger partial charge in [-0.25, -0.2) is 0 Å². The molecule has 1 aliphatic carbocycles. The zero-order valence-electron chi connectivity index (χ0n) is 23.6. The van der Waals surface area contributed by atoms with Gasteiger partial charge in [0.05, 0.1) is 21.1 Å². The Kier molecular flexibility index (Phi) is 4.67. The summed E-state index contributed by atoms with van der Waals surface area (Å²) in [4.78, 5) is 14.6. The number of carbonyl (C=O) groups excluding carboxylic acids is 1. The molecule has 1 saturated heterocycles. The van der Waals surface area contributed by atoms with Crippen LogP contribution < -0.4 is 9.47 Å². The number of hydrogen-bond acceptors (Lipinski definition) is 4. The second-order valence-electron chi connectivity index (χ2n) is 7.41. The summed E-state index contributed by atoms with van der Waals surface area (Å²) in [6.45, 7) is -1.46. The summed E-state index contributed by atoms with van der Waals surface area (Å²) in [6, 6.07) is 0.985. The maximum atomic E-state index is 13.1. The molecule has 5 heteroatoms. The van der Waals surface area contributed by atoms with Crippen LogP contribution in [0, 0.1) is 11.8 Å². The number of likely N-dealkylation sites (tertiary alicyclic amines) is 1. The number of hydrogen-bond donors (Lipinski definition) is 0. The lowest BCUT2D eigenvalue weighted by Gasteiger charge is -2.32. The molecule has 1 heterocycles. The smallest absolute Gasteiger partial charge is 0.166 e. The predicted octanol–water partition coefficient (Wildman–Crippen LogP) is 4.78. The number of rotatable bonds is 6. The van der Waals surface area contributed by atoms with Crippen molar-refractivity contribution in [1.82, 2.24) is 4.90 Å². The highest BCUT2D eigenvalue weighted by Gasteiger charge is 2.34. The van der Waals surface area contributed by atoms with E-state index >= 15 is 0 Å². The number of nitrogens with zero attached hydrogens (tertiary/aromatic N) is 1. The maximum Gasteiger partial charge on any atom is 0.166 e. The predicted molar refractivity (Wildman–Crippen MR) is 117 cm³/mol. The Morgan fingerprint density at radius 1 is 1.10 bits per heavy atom. The average Bonchev–Trinajstić information content (AvgIpc) is 3.14. The standard InChI is InChI=1S/C24H29NO3.ClH/c1-27-22-14-19-13-20(24(26)21(19)15-23(22)28-2)12-17-8-10-25(11-9-17)16-18-6-4-3-5-7-18;/h3-7,14-15,17,20H,8-13,16H2,1-2H3;1H/i3D,4D,5D,6D,7D,16D2;. The third-order valence-electron chi connectivity index (χ3n) is 5.71. The van der Waals surface area contributed by atoms with Gasteiger partial charge in [0.2, 0.25) is 0 Å². The van der Waals surface area contributed by atoms with Gasteiger partial charge in [-0.3, -0.25) is 9.69 Å². The third-order valence-corrected chi connectivity index (χ3v) is 5.71. The Hall–Kier alpha value is -2.04. The Balaban J connectivity index is 0.00000361. The number of ether oxygens (including phenoxy) is 2. The largest absolute Gasteiger partial charge is 0.493 e. The molecule has 1 atom stereocenters. The highest BCUT2D eigenvalue weighted by molar-refractivity contribution is 6.02. The molecule has 0 N–H and O–H groups in total. The highest BCUT2D eigenvalue weighted by Crippen LogP contribution is 2.39. The van der Waals surface area contributed by atoms with E-state index in [0.717, 1.165) is 5.56 Å². The molecule has 4 nitrogen and oxygen atoms in total. The van der Waals surface area contributed by atoms with E-state index in [-0.39, 0.29) is 35.6 Å². The molecule has 2 aliphatic rings. The number of carbonyl (C=O) groups is 1. The van der Waals surface area contributed by atoms with Gasteiger partial charge in [0.25, 0.3) is 0 Å². The molecule has 1 aliphatic heterocycles. The number of piperidine rings is 1. The fraction of sp³-hybridized carbons (Fsp3) is 0.458. The minimum absolute atomic E-state index is 0. The molecule has 0 spiro atoms. The Morgan fingerprint density at radius 3 is 2.41 bits per heavy atom. The van der Waals surface area contributed by atoms with E-state index in [0.29, 0.717) is 55.8 Å². The number of ketones is 1. The van der Waals surface area contributed by atoms with Crippen molar-refractivity contribution >= 4 is 18.2 Å². The lowest BCUT2D eigenvalue weighted by atomic mass is 9.85. The van der Waals surface area contributed by atoms with E-state index in [4.69, 9.17) is 19.1 Å². The fourth-order valence-electron chi connectivity index (χ4n) is 4.23. The van der Waals surface area contributed by atoms with E-state index in [1.54, 1.807) is 18.1 Å². The molecule has 2 aromatic carbocycles. The second kappa shape index (κ2) is 9.64. The molecule has 2 aromatic rings. The molecule has 29 heavy (non-hydrogen) atoms. The van der Waals surface area contributed by atoms with Gasteiger partial charge in [-0.1, -0.05) is 30.2 Å². The van der Waals surface area contributed by atoms with Gasteiger partial charge in [0, 0.05) is 20.7 Å². The summed E-state index contributed by atoms with van der Waals surface area (Å²) in [6.07, 6.45) is 2.65. The van der Waals surface area contributed by atoms with Crippen LogP contribution in [-0.2, 0) is 12.9 Å². The van der Waals surface area contributed by atoms with E-state index in [9.17, 15) is 4.79 Å². The van der Waals surface area contributed by atoms with Crippen molar-refractivity contribution in [1.29, 1.82) is 0 Å². The first-order chi connectivity index (χ1) is 16.5. The van der Waals surface area contributed by atoms with Gasteiger partial charge in [0.1, 0.15) is 0 Å². The molecule has 0 aromatic heterocycles. The first-order valence-electron chi connectivity index (χ1n) is 13.1. The van der Waals surface area contributed by atoms with Gasteiger partial charge in [-0.05, 0) is 68.0 Å². The summed E-state index contributed by atoms with van der Waals surface area (Å²) in [7, 11) is 3.10. The van der Waals surface area contributed by atoms with E-state index in [1.807, 2.05) is 6.07 Å². The lowest BCUT2D eigenvalue weighted by molar-refractivity contribution is 0.0895. The molecule has 1 unspecified atom stereocenters. The number of methoxy groups -OCH3 is 2. The number of fused-ring (bicyclic) bond motifs is 1. The average molecular weight is 423 g/mol. The van der Waals surface area contributed by atoms with E-state index in [1.165, 1.54) is 7.11 Å². The molecule has 156 valence electrons. The van der Waals surface area contributed by atoms with Crippen LogP contribution in [0.1, 0.15) is 50.3 Å². The van der Waals surface area contributed by atoms with Gasteiger partial charge >= 0.3 is 0 Å². The van der Waals surface area contributed by atoms with Crippen molar-refractivity contribution in [3.63, 3.8) is 0 Å². The molecule has 4 rings (SSSR count). The molecule has 0 saturated carbocycles. The van der Waals surface area contributed by atoms with Gasteiger partial charge in [0.15, 0.2) is 17.3 Å². The lowest BCUT2D eigenvalue weighted by Crippen LogP contribution is -2.34. The van der Waals surface area contributed by atoms with Crippen LogP contribution in [0.5, 0.6) is 11.5 Å². The molecular formula is C24H30ClNO3. The molecule has 0 bridgehead atoms. The topological polar surface area (TPSA) is 38.8 Å². The van der Waals surface area contributed by atoms with Gasteiger partial charge in [-0.15, -0.1) is 12.4 Å². The van der Waals surface area contributed by atoms with Gasteiger partial charge < -0.3 is 9.47 Å². The summed E-state index contributed by atoms with van der Waals surface area (Å²) >= 11 is 0. The quantitative estimate of drug-likeness (QED) is 0.671. The normalized spacial score (nSPS) is 23.4. The maximum absolute atomic E-state index is 13.1. The van der Waals surface area contributed by atoms with Gasteiger partial charge in [-0.2, -0.15) is 0 Å². The summed E-state index contributed by atoms with van der Waals surface area (Å²) in [5, 5.41) is 0. The van der Waals surface area contributed by atoms with Crippen molar-refractivity contribution < 1.29 is 23.9 Å². The molecule has 0 amide bonds. The summed E-state index contributed by atoms with van der Waals surface area (Å²) in [5.74, 6) is 1.31. The Morgan fingerprint density at radius 2 is 1.76 bits per heavy atom. The van der Waals surface area contributed by atoms with Crippen LogP contribution in [0.15, 0.2) is 42.3 Å². The minimum atomic E-state index is -2.20. The van der Waals surface area contributed by atoms with Crippen molar-refractivity contribution in [2.75, 3.05) is 27.3 Å². The van der Waals surface area contributed by atoms with Crippen LogP contribution in [-0.4, -0.2) is 38.0 Å². The van der Waals surface area contributed by atoms with E-state index in [2.05, 4.69) is 0 Å². The zero-order chi connectivity index (χ0) is 25.7. The first kappa shape index (κ1) is 14.1. The molecular weight excluding hydrogens is 386 g/mol. The van der Waals surface area contributed by atoms with Crippen LogP contribution in [0.2, 0.25) is 0 Å². The fourth-order valence-corrected chi connectivity index (χ4v) is 4.23. The minimum Gasteiger partial charge on any atom is -0.493 e. The third kappa shape index (κ3) is 4.76. The summed E-state index contributed by atoms with van der Waals surface area (Å²) in [5.41, 5.74) is 1.29. The van der Waals surface area contributed by atoms with Crippen molar-refractivity contribution in [2.24, 2.45) is 11.8 Å². The van der Waals surface area contributed by atoms with Crippen LogP contribution in [0.25, 0.3) is 0 Å². The Bertz CT molecular complexity index is 1140. The molecule has 0 radical (unpaired) electrons. The van der Waals surface area contributed by atoms with Crippen LogP contribution in [0.3, 0.4) is 0 Å². The number of benzene rings is 2. The van der Waals surface area contributed by atoms with Crippen LogP contribution in [0.4, 0.5) is 0 Å². The Labute approximate surface area is 189 Å². The molecule has 1 fully saturated rings. The second-order valence-corrected chi connectivity index (χ2v) is 7.41. The highest BCUT2D eigenvalue weighted by atomic mass is 35.5. The number of halogens is 1. The zero-order valence-corrected chi connectivity index (χ0v) is 17.4. The van der Waals surface area contributed by atoms with Crippen molar-refractivity contribution in [2.45, 2.75) is 32.2 Å². The van der Waals surface area contributed by atoms with Crippen molar-refractivity contribution in [3.05, 3.63) is 59.0 Å². The first-order valence-corrected chi connectivity index (χ1v) is 9.62. The van der Waals surface area contributed by atoms with Crippen LogP contribution >= 0.6 is 12.4 Å². The van der Waals surface area contributed by atoms with Crippen molar-refractivity contribution in [3.8, 4) is 11.5 Å². The SMILES string of the molecule is Cl.[2H]c1c([2H])c([2H])c(C([2H])([2H])N2CCC(CC3Cc4cc(OC)c(OC)cc4C3=O)CC2)c([2H])c1[2H].